The van der Waals surface area contributed by atoms with Crippen molar-refractivity contribution < 1.29 is 4.39 Å². The van der Waals surface area contributed by atoms with Crippen molar-refractivity contribution in [2.45, 2.75) is 13.8 Å². The molecule has 0 N–H and O–H groups in total. The van der Waals surface area contributed by atoms with Crippen molar-refractivity contribution in [3.63, 3.8) is 0 Å². The van der Waals surface area contributed by atoms with Crippen LogP contribution in [-0.2, 0) is 0 Å². The molecule has 1 aromatic carbocycles. The van der Waals surface area contributed by atoms with Gasteiger partial charge in [0, 0.05) is 0 Å². The fourth-order valence-corrected chi connectivity index (χ4v) is 1.21. The highest BCUT2D eigenvalue weighted by molar-refractivity contribution is 6.30. The first-order valence-electron chi connectivity index (χ1n) is 3.43. The molecule has 12 heavy (non-hydrogen) atoms. The van der Waals surface area contributed by atoms with E-state index >= 15 is 0 Å². The summed E-state index contributed by atoms with van der Waals surface area (Å²) in [5, 5.41) is 8.64. The molecule has 62 valence electrons. The van der Waals surface area contributed by atoms with Gasteiger partial charge in [-0.15, -0.1) is 0 Å². The second-order valence-electron chi connectivity index (χ2n) is 2.58. The number of rotatable bonds is 0. The number of nitriles is 1. The molecule has 0 heterocycles. The zero-order valence-corrected chi connectivity index (χ0v) is 7.54. The van der Waals surface area contributed by atoms with E-state index in [0.717, 1.165) is 0 Å². The molecular weight excluding hydrogens is 177 g/mol. The van der Waals surface area contributed by atoms with Crippen LogP contribution in [0.2, 0.25) is 5.02 Å². The van der Waals surface area contributed by atoms with Gasteiger partial charge in [-0.2, -0.15) is 5.26 Å². The van der Waals surface area contributed by atoms with Gasteiger partial charge in [0.05, 0.1) is 16.7 Å². The third kappa shape index (κ3) is 1.28. The van der Waals surface area contributed by atoms with Crippen LogP contribution in [0.1, 0.15) is 16.7 Å². The fraction of sp³-hybridized carbons (Fsp3) is 0.222. The molecule has 0 unspecified atom stereocenters. The van der Waals surface area contributed by atoms with Crippen molar-refractivity contribution in [2.75, 3.05) is 0 Å². The van der Waals surface area contributed by atoms with Gasteiger partial charge in [-0.25, -0.2) is 4.39 Å². The molecule has 0 spiro atoms. The Bertz CT molecular complexity index is 366. The van der Waals surface area contributed by atoms with Crippen LogP contribution in [0, 0.1) is 31.0 Å². The topological polar surface area (TPSA) is 23.8 Å². The predicted octanol–water partition coefficient (Wildman–Crippen LogP) is 2.97. The first kappa shape index (κ1) is 9.02. The van der Waals surface area contributed by atoms with Gasteiger partial charge in [-0.05, 0) is 31.0 Å². The van der Waals surface area contributed by atoms with Gasteiger partial charge in [0.1, 0.15) is 5.82 Å². The predicted molar refractivity (Wildman–Crippen MR) is 45.6 cm³/mol. The van der Waals surface area contributed by atoms with Crippen LogP contribution in [0.5, 0.6) is 0 Å². The van der Waals surface area contributed by atoms with Crippen LogP contribution in [-0.4, -0.2) is 0 Å². The van der Waals surface area contributed by atoms with E-state index in [9.17, 15) is 4.39 Å². The van der Waals surface area contributed by atoms with E-state index in [1.54, 1.807) is 13.8 Å². The third-order valence-corrected chi connectivity index (χ3v) is 2.17. The van der Waals surface area contributed by atoms with Crippen molar-refractivity contribution in [3.8, 4) is 6.07 Å². The SMILES string of the molecule is Cc1c(C#N)cc(Cl)c(F)c1C. The molecule has 0 atom stereocenters. The standard InChI is InChI=1S/C9H7ClFN/c1-5-6(2)9(11)8(10)3-7(5)4-12/h3H,1-2H3. The molecule has 0 saturated carbocycles. The molecule has 1 aromatic rings. The molecule has 0 aromatic heterocycles. The second-order valence-corrected chi connectivity index (χ2v) is 2.99. The summed E-state index contributed by atoms with van der Waals surface area (Å²) in [6, 6.07) is 3.30. The van der Waals surface area contributed by atoms with Crippen LogP contribution < -0.4 is 0 Å². The zero-order valence-electron chi connectivity index (χ0n) is 6.78. The molecule has 0 amide bonds. The van der Waals surface area contributed by atoms with Crippen LogP contribution in [0.3, 0.4) is 0 Å². The minimum atomic E-state index is -0.437. The van der Waals surface area contributed by atoms with Crippen molar-refractivity contribution in [3.05, 3.63) is 33.6 Å². The lowest BCUT2D eigenvalue weighted by Crippen LogP contribution is -1.92. The Labute approximate surface area is 75.4 Å². The van der Waals surface area contributed by atoms with E-state index < -0.39 is 5.82 Å². The molecular formula is C9H7ClFN. The minimum Gasteiger partial charge on any atom is -0.205 e. The summed E-state index contributed by atoms with van der Waals surface area (Å²) in [5.41, 5.74) is 1.53. The van der Waals surface area contributed by atoms with Crippen LogP contribution in [0.15, 0.2) is 6.07 Å². The van der Waals surface area contributed by atoms with Crippen LogP contribution in [0.4, 0.5) is 4.39 Å². The van der Waals surface area contributed by atoms with Gasteiger partial charge in [0.15, 0.2) is 0 Å². The Morgan fingerprint density at radius 3 is 2.50 bits per heavy atom. The number of benzene rings is 1. The molecule has 0 aliphatic rings. The van der Waals surface area contributed by atoms with Crippen LogP contribution in [0.25, 0.3) is 0 Å². The maximum atomic E-state index is 13.1. The molecule has 0 aliphatic heterocycles. The lowest BCUT2D eigenvalue weighted by atomic mass is 10.0. The smallest absolute Gasteiger partial charge is 0.145 e. The minimum absolute atomic E-state index is 0.00894. The first-order valence-corrected chi connectivity index (χ1v) is 3.81. The van der Waals surface area contributed by atoms with Gasteiger partial charge >= 0.3 is 0 Å². The van der Waals surface area contributed by atoms with E-state index in [1.165, 1.54) is 6.07 Å². The number of hydrogen-bond donors (Lipinski definition) is 0. The summed E-state index contributed by atoms with van der Waals surface area (Å²) >= 11 is 5.54. The van der Waals surface area contributed by atoms with E-state index in [1.807, 2.05) is 6.07 Å². The van der Waals surface area contributed by atoms with Crippen molar-refractivity contribution in [2.24, 2.45) is 0 Å². The number of halogens is 2. The summed E-state index contributed by atoms with van der Waals surface area (Å²) in [6.45, 7) is 3.31. The molecule has 1 rings (SSSR count). The highest BCUT2D eigenvalue weighted by Gasteiger charge is 2.09. The molecule has 3 heteroatoms. The molecule has 0 bridgehead atoms. The average Bonchev–Trinajstić information content (AvgIpc) is 2.08. The monoisotopic (exact) mass is 183 g/mol. The Balaban J connectivity index is 3.52. The van der Waals surface area contributed by atoms with E-state index in [-0.39, 0.29) is 5.02 Å². The van der Waals surface area contributed by atoms with Crippen molar-refractivity contribution in [1.82, 2.24) is 0 Å². The summed E-state index contributed by atoms with van der Waals surface area (Å²) in [4.78, 5) is 0. The third-order valence-electron chi connectivity index (χ3n) is 1.90. The van der Waals surface area contributed by atoms with Gasteiger partial charge in [0.2, 0.25) is 0 Å². The van der Waals surface area contributed by atoms with Gasteiger partial charge in [0.25, 0.3) is 0 Å². The van der Waals surface area contributed by atoms with E-state index in [2.05, 4.69) is 0 Å². The quantitative estimate of drug-likeness (QED) is 0.607. The average molecular weight is 184 g/mol. The molecule has 0 radical (unpaired) electrons. The normalized spacial score (nSPS) is 9.58. The molecule has 0 aliphatic carbocycles. The summed E-state index contributed by atoms with van der Waals surface area (Å²) in [6.07, 6.45) is 0. The maximum Gasteiger partial charge on any atom is 0.145 e. The highest BCUT2D eigenvalue weighted by Crippen LogP contribution is 2.23. The van der Waals surface area contributed by atoms with Gasteiger partial charge in [-0.3, -0.25) is 0 Å². The van der Waals surface area contributed by atoms with E-state index in [0.29, 0.717) is 16.7 Å². The number of hydrogen-bond acceptors (Lipinski definition) is 1. The lowest BCUT2D eigenvalue weighted by Gasteiger charge is -2.04. The Kier molecular flexibility index (Phi) is 2.35. The Morgan fingerprint density at radius 1 is 1.42 bits per heavy atom. The van der Waals surface area contributed by atoms with E-state index in [4.69, 9.17) is 16.9 Å². The molecule has 0 saturated heterocycles. The molecule has 0 fully saturated rings. The summed E-state index contributed by atoms with van der Waals surface area (Å²) in [7, 11) is 0. The summed E-state index contributed by atoms with van der Waals surface area (Å²) in [5.74, 6) is -0.437. The van der Waals surface area contributed by atoms with Gasteiger partial charge < -0.3 is 0 Å². The highest BCUT2D eigenvalue weighted by atomic mass is 35.5. The van der Waals surface area contributed by atoms with Gasteiger partial charge in [-0.1, -0.05) is 11.6 Å². The van der Waals surface area contributed by atoms with Crippen molar-refractivity contribution in [1.29, 1.82) is 5.26 Å². The Morgan fingerprint density at radius 2 is 2.00 bits per heavy atom. The first-order chi connectivity index (χ1) is 5.57. The second kappa shape index (κ2) is 3.12. The number of nitrogens with zero attached hydrogens (tertiary/aromatic N) is 1. The molecule has 1 nitrogen and oxygen atoms in total. The van der Waals surface area contributed by atoms with Crippen molar-refractivity contribution >= 4 is 11.6 Å². The Hall–Kier alpha value is -1.07. The summed E-state index contributed by atoms with van der Waals surface area (Å²) < 4.78 is 13.1. The fourth-order valence-electron chi connectivity index (χ4n) is 0.960. The lowest BCUT2D eigenvalue weighted by molar-refractivity contribution is 0.617. The largest absolute Gasteiger partial charge is 0.205 e. The zero-order chi connectivity index (χ0) is 9.30. The van der Waals surface area contributed by atoms with Crippen LogP contribution >= 0.6 is 11.6 Å². The maximum absolute atomic E-state index is 13.1.